The fourth-order valence-corrected chi connectivity index (χ4v) is 3.99. The van der Waals surface area contributed by atoms with Gasteiger partial charge in [0.1, 0.15) is 10.8 Å². The first kappa shape index (κ1) is 15.2. The second kappa shape index (κ2) is 6.57. The Morgan fingerprint density at radius 3 is 2.73 bits per heavy atom. The third kappa shape index (κ3) is 3.04. The number of hydrogen-bond donors (Lipinski definition) is 0. The molecular weight excluding hydrogens is 301 g/mol. The van der Waals surface area contributed by atoms with Crippen molar-refractivity contribution >= 4 is 17.3 Å². The summed E-state index contributed by atoms with van der Waals surface area (Å²) in [5.74, 6) is -0.354. The Morgan fingerprint density at radius 1 is 1.27 bits per heavy atom. The summed E-state index contributed by atoms with van der Waals surface area (Å²) in [5, 5.41) is 2.88. The van der Waals surface area contributed by atoms with Gasteiger partial charge in [-0.3, -0.25) is 4.79 Å². The van der Waals surface area contributed by atoms with Gasteiger partial charge in [-0.05, 0) is 37.1 Å². The first-order chi connectivity index (χ1) is 10.7. The van der Waals surface area contributed by atoms with Crippen molar-refractivity contribution in [3.05, 3.63) is 41.2 Å². The number of halogens is 1. The van der Waals surface area contributed by atoms with Crippen LogP contribution in [0.2, 0.25) is 0 Å². The molecule has 1 aromatic heterocycles. The number of methoxy groups -OCH3 is 1. The zero-order valence-electron chi connectivity index (χ0n) is 12.4. The van der Waals surface area contributed by atoms with Gasteiger partial charge in [-0.25, -0.2) is 9.37 Å². The number of thiazole rings is 1. The van der Waals surface area contributed by atoms with Crippen molar-refractivity contribution in [3.8, 4) is 10.6 Å². The maximum Gasteiger partial charge on any atom is 0.309 e. The average molecular weight is 319 g/mol. The van der Waals surface area contributed by atoms with Gasteiger partial charge in [-0.1, -0.05) is 12.8 Å². The molecule has 116 valence electrons. The summed E-state index contributed by atoms with van der Waals surface area (Å²) in [7, 11) is 1.44. The van der Waals surface area contributed by atoms with Crippen molar-refractivity contribution in [2.24, 2.45) is 5.92 Å². The first-order valence-corrected chi connectivity index (χ1v) is 8.36. The van der Waals surface area contributed by atoms with Crippen LogP contribution in [0.15, 0.2) is 29.6 Å². The van der Waals surface area contributed by atoms with Crippen LogP contribution >= 0.6 is 11.3 Å². The van der Waals surface area contributed by atoms with E-state index in [0.29, 0.717) is 0 Å². The number of nitrogens with zero attached hydrogens (tertiary/aromatic N) is 1. The highest BCUT2D eigenvalue weighted by Crippen LogP contribution is 2.39. The highest BCUT2D eigenvalue weighted by Gasteiger charge is 2.34. The van der Waals surface area contributed by atoms with Gasteiger partial charge in [-0.15, -0.1) is 11.3 Å². The molecule has 0 amide bonds. The van der Waals surface area contributed by atoms with Gasteiger partial charge in [0.2, 0.25) is 0 Å². The minimum atomic E-state index is -0.251. The van der Waals surface area contributed by atoms with E-state index < -0.39 is 0 Å². The van der Waals surface area contributed by atoms with Crippen molar-refractivity contribution < 1.29 is 13.9 Å². The Kier molecular flexibility index (Phi) is 4.52. The van der Waals surface area contributed by atoms with E-state index in [4.69, 9.17) is 4.74 Å². The minimum Gasteiger partial charge on any atom is -0.469 e. The number of carbonyl (C=O) groups excluding carboxylic acids is 1. The Bertz CT molecular complexity index is 653. The van der Waals surface area contributed by atoms with Crippen LogP contribution in [-0.4, -0.2) is 18.1 Å². The van der Waals surface area contributed by atoms with Gasteiger partial charge in [0.25, 0.3) is 0 Å². The molecule has 0 spiro atoms. The van der Waals surface area contributed by atoms with E-state index in [-0.39, 0.29) is 23.6 Å². The zero-order valence-corrected chi connectivity index (χ0v) is 13.2. The van der Waals surface area contributed by atoms with Crippen molar-refractivity contribution in [2.75, 3.05) is 7.11 Å². The van der Waals surface area contributed by atoms with Gasteiger partial charge in [0.05, 0.1) is 18.7 Å². The maximum atomic E-state index is 13.0. The fourth-order valence-electron chi connectivity index (χ4n) is 3.10. The fraction of sp³-hybridized carbons (Fsp3) is 0.412. The molecule has 2 aromatic rings. The predicted octanol–water partition coefficient (Wildman–Crippen LogP) is 4.40. The number of hydrogen-bond acceptors (Lipinski definition) is 4. The quantitative estimate of drug-likeness (QED) is 0.787. The summed E-state index contributed by atoms with van der Waals surface area (Å²) < 4.78 is 18.0. The number of benzene rings is 1. The van der Waals surface area contributed by atoms with E-state index >= 15 is 0 Å². The van der Waals surface area contributed by atoms with Crippen molar-refractivity contribution in [2.45, 2.75) is 31.6 Å². The SMILES string of the molecule is COC(=O)[C@@H]1CCCC[C@H]1c1csc(-c2ccc(F)cc2)n1. The predicted molar refractivity (Wildman–Crippen MR) is 84.2 cm³/mol. The van der Waals surface area contributed by atoms with Gasteiger partial charge in [0, 0.05) is 16.9 Å². The normalized spacial score (nSPS) is 21.5. The maximum absolute atomic E-state index is 13.0. The van der Waals surface area contributed by atoms with E-state index in [1.807, 2.05) is 5.38 Å². The molecule has 1 aliphatic carbocycles. The summed E-state index contributed by atoms with van der Waals surface area (Å²) in [6.45, 7) is 0. The van der Waals surface area contributed by atoms with Crippen molar-refractivity contribution in [1.82, 2.24) is 4.98 Å². The summed E-state index contributed by atoms with van der Waals surface area (Å²) >= 11 is 1.54. The number of carbonyl (C=O) groups is 1. The first-order valence-electron chi connectivity index (χ1n) is 7.48. The third-order valence-electron chi connectivity index (χ3n) is 4.26. The average Bonchev–Trinajstić information content (AvgIpc) is 3.04. The third-order valence-corrected chi connectivity index (χ3v) is 5.17. The lowest BCUT2D eigenvalue weighted by molar-refractivity contribution is -0.147. The van der Waals surface area contributed by atoms with Gasteiger partial charge in [-0.2, -0.15) is 0 Å². The standard InChI is InChI=1S/C17H18FNO2S/c1-21-17(20)14-5-3-2-4-13(14)15-10-22-16(19-15)11-6-8-12(18)9-7-11/h6-10,13-14H,2-5H2,1H3/t13-,14-/m1/s1. The molecule has 1 aromatic carbocycles. The second-order valence-corrected chi connectivity index (χ2v) is 6.46. The molecule has 1 fully saturated rings. The molecule has 22 heavy (non-hydrogen) atoms. The Labute approximate surface area is 133 Å². The summed E-state index contributed by atoms with van der Waals surface area (Å²) in [5.41, 5.74) is 1.86. The lowest BCUT2D eigenvalue weighted by Crippen LogP contribution is -2.27. The molecule has 1 heterocycles. The van der Waals surface area contributed by atoms with Crippen molar-refractivity contribution in [1.29, 1.82) is 0 Å². The number of aromatic nitrogens is 1. The van der Waals surface area contributed by atoms with E-state index in [2.05, 4.69) is 4.98 Å². The molecule has 1 saturated carbocycles. The van der Waals surface area contributed by atoms with Gasteiger partial charge in [0.15, 0.2) is 0 Å². The van der Waals surface area contributed by atoms with E-state index in [1.54, 1.807) is 12.1 Å². The molecule has 2 atom stereocenters. The molecule has 3 rings (SSSR count). The molecule has 0 unspecified atom stereocenters. The van der Waals surface area contributed by atoms with Crippen LogP contribution in [0.4, 0.5) is 4.39 Å². The van der Waals surface area contributed by atoms with Gasteiger partial charge < -0.3 is 4.74 Å². The van der Waals surface area contributed by atoms with Crippen LogP contribution in [0.5, 0.6) is 0 Å². The minimum absolute atomic E-state index is 0.0954. The highest BCUT2D eigenvalue weighted by molar-refractivity contribution is 7.13. The Morgan fingerprint density at radius 2 is 2.00 bits per heavy atom. The topological polar surface area (TPSA) is 39.2 Å². The van der Waals surface area contributed by atoms with E-state index in [9.17, 15) is 9.18 Å². The molecule has 0 radical (unpaired) electrons. The Hall–Kier alpha value is -1.75. The Balaban J connectivity index is 1.85. The molecule has 0 saturated heterocycles. The van der Waals surface area contributed by atoms with Crippen LogP contribution in [0, 0.1) is 11.7 Å². The number of esters is 1. The summed E-state index contributed by atoms with van der Waals surface area (Å²) in [6, 6.07) is 6.34. The van der Waals surface area contributed by atoms with E-state index in [1.165, 1.54) is 30.6 Å². The molecule has 3 nitrogen and oxygen atoms in total. The highest BCUT2D eigenvalue weighted by atomic mass is 32.1. The molecule has 0 bridgehead atoms. The molecule has 5 heteroatoms. The number of ether oxygens (including phenoxy) is 1. The lowest BCUT2D eigenvalue weighted by atomic mass is 9.78. The summed E-state index contributed by atoms with van der Waals surface area (Å²) in [4.78, 5) is 16.7. The largest absolute Gasteiger partial charge is 0.469 e. The van der Waals surface area contributed by atoms with Crippen LogP contribution < -0.4 is 0 Å². The van der Waals surface area contributed by atoms with Crippen LogP contribution in [-0.2, 0) is 9.53 Å². The molecular formula is C17H18FNO2S. The van der Waals surface area contributed by atoms with Crippen LogP contribution in [0.1, 0.15) is 37.3 Å². The summed E-state index contributed by atoms with van der Waals surface area (Å²) in [6.07, 6.45) is 4.00. The van der Waals surface area contributed by atoms with Crippen LogP contribution in [0.25, 0.3) is 10.6 Å². The van der Waals surface area contributed by atoms with Crippen molar-refractivity contribution in [3.63, 3.8) is 0 Å². The lowest BCUT2D eigenvalue weighted by Gasteiger charge is -2.28. The molecule has 0 N–H and O–H groups in total. The smallest absolute Gasteiger partial charge is 0.309 e. The van der Waals surface area contributed by atoms with Crippen LogP contribution in [0.3, 0.4) is 0 Å². The second-order valence-electron chi connectivity index (χ2n) is 5.61. The monoisotopic (exact) mass is 319 g/mol. The molecule has 1 aliphatic rings. The molecule has 0 aliphatic heterocycles. The zero-order chi connectivity index (χ0) is 15.5. The number of rotatable bonds is 3. The van der Waals surface area contributed by atoms with E-state index in [0.717, 1.165) is 41.9 Å². The van der Waals surface area contributed by atoms with Gasteiger partial charge >= 0.3 is 5.97 Å².